The van der Waals surface area contributed by atoms with Crippen molar-refractivity contribution in [2.45, 2.75) is 70.0 Å². The van der Waals surface area contributed by atoms with E-state index >= 15 is 0 Å². The van der Waals surface area contributed by atoms with Crippen molar-refractivity contribution in [3.8, 4) is 0 Å². The lowest BCUT2D eigenvalue weighted by atomic mass is 9.90. The van der Waals surface area contributed by atoms with Gasteiger partial charge < -0.3 is 10.1 Å². The number of nitrogens with one attached hydrogen (secondary N) is 1. The largest absolute Gasteiger partial charge is 0.381 e. The van der Waals surface area contributed by atoms with E-state index in [4.69, 9.17) is 14.7 Å². The highest BCUT2D eigenvalue weighted by Gasteiger charge is 2.32. The van der Waals surface area contributed by atoms with Crippen LogP contribution >= 0.6 is 11.8 Å². The Labute approximate surface area is 151 Å². The smallest absolute Gasteiger partial charge is 0.136 e. The lowest BCUT2D eigenvalue weighted by Crippen LogP contribution is -2.39. The van der Waals surface area contributed by atoms with Crippen molar-refractivity contribution in [2.24, 2.45) is 0 Å². The first-order chi connectivity index (χ1) is 11.1. The van der Waals surface area contributed by atoms with Crippen molar-refractivity contribution in [3.05, 3.63) is 17.6 Å². The second-order valence-corrected chi connectivity index (χ2v) is 10.1. The summed E-state index contributed by atoms with van der Waals surface area (Å²) in [5.41, 5.74) is 1.04. The maximum absolute atomic E-state index is 5.54. The number of aromatic nitrogens is 2. The summed E-state index contributed by atoms with van der Waals surface area (Å²) >= 11 is 1.95. The molecule has 1 aromatic rings. The van der Waals surface area contributed by atoms with Crippen LogP contribution in [0.4, 0.5) is 5.82 Å². The number of hydrogen-bond acceptors (Lipinski definition) is 5. The highest BCUT2D eigenvalue weighted by atomic mass is 32.2. The van der Waals surface area contributed by atoms with Gasteiger partial charge >= 0.3 is 0 Å². The highest BCUT2D eigenvalue weighted by Crippen LogP contribution is 2.34. The first-order valence-electron chi connectivity index (χ1n) is 8.83. The third-order valence-corrected chi connectivity index (χ3v) is 6.01. The summed E-state index contributed by atoms with van der Waals surface area (Å²) in [6.07, 6.45) is 4.38. The van der Waals surface area contributed by atoms with Gasteiger partial charge in [0.25, 0.3) is 0 Å². The number of nitrogens with zero attached hydrogens (tertiary/aromatic N) is 2. The maximum atomic E-state index is 5.54. The fourth-order valence-electron chi connectivity index (χ4n) is 2.71. The molecule has 1 saturated heterocycles. The molecule has 0 spiro atoms. The fourth-order valence-corrected chi connectivity index (χ4v) is 3.50. The van der Waals surface area contributed by atoms with Crippen molar-refractivity contribution >= 4 is 17.6 Å². The Hall–Kier alpha value is -0.810. The van der Waals surface area contributed by atoms with E-state index in [2.05, 4.69) is 59.2 Å². The number of anilines is 1. The number of hydrogen-bond donors (Lipinski definition) is 1. The molecule has 0 radical (unpaired) electrons. The first-order valence-corrected chi connectivity index (χ1v) is 10.1. The van der Waals surface area contributed by atoms with E-state index in [1.807, 2.05) is 11.8 Å². The average molecular weight is 352 g/mol. The summed E-state index contributed by atoms with van der Waals surface area (Å²) < 4.78 is 5.78. The Balaban J connectivity index is 2.25. The third-order valence-electron chi connectivity index (χ3n) is 4.59. The van der Waals surface area contributed by atoms with Gasteiger partial charge in [0, 0.05) is 41.4 Å². The molecule has 0 aliphatic carbocycles. The first kappa shape index (κ1) is 19.5. The minimum Gasteiger partial charge on any atom is -0.381 e. The predicted molar refractivity (Wildman–Crippen MR) is 104 cm³/mol. The minimum atomic E-state index is -0.0619. The monoisotopic (exact) mass is 351 g/mol. The van der Waals surface area contributed by atoms with E-state index in [1.165, 1.54) is 0 Å². The highest BCUT2D eigenvalue weighted by molar-refractivity contribution is 8.00. The molecule has 5 heteroatoms. The summed E-state index contributed by atoms with van der Waals surface area (Å²) in [6.45, 7) is 15.7. The molecule has 0 amide bonds. The molecule has 0 saturated carbocycles. The normalized spacial score (nSPS) is 18.5. The van der Waals surface area contributed by atoms with Gasteiger partial charge in [-0.15, -0.1) is 0 Å². The SMILES string of the molecule is CSC1(CNc2cc(C(C)(C)C)nc(C(C)(C)C)n2)CCOCC1. The molecule has 0 atom stereocenters. The topological polar surface area (TPSA) is 47.0 Å². The number of rotatable bonds is 4. The van der Waals surface area contributed by atoms with Crippen molar-refractivity contribution in [1.29, 1.82) is 0 Å². The van der Waals surface area contributed by atoms with Gasteiger partial charge in [0.2, 0.25) is 0 Å². The average Bonchev–Trinajstić information content (AvgIpc) is 2.52. The Morgan fingerprint density at radius 2 is 1.71 bits per heavy atom. The van der Waals surface area contributed by atoms with Crippen molar-refractivity contribution in [1.82, 2.24) is 9.97 Å². The van der Waals surface area contributed by atoms with Crippen LogP contribution in [0.1, 0.15) is 65.9 Å². The van der Waals surface area contributed by atoms with Crippen molar-refractivity contribution < 1.29 is 4.74 Å². The molecular weight excluding hydrogens is 318 g/mol. The summed E-state index contributed by atoms with van der Waals surface area (Å²) in [5.74, 6) is 1.85. The van der Waals surface area contributed by atoms with E-state index in [0.29, 0.717) is 0 Å². The molecule has 1 fully saturated rings. The minimum absolute atomic E-state index is 0.00917. The van der Waals surface area contributed by atoms with Gasteiger partial charge in [0.1, 0.15) is 11.6 Å². The summed E-state index contributed by atoms with van der Waals surface area (Å²) in [6, 6.07) is 2.11. The number of ether oxygens (including phenoxy) is 1. The Morgan fingerprint density at radius 3 is 2.21 bits per heavy atom. The van der Waals surface area contributed by atoms with Crippen LogP contribution in [-0.4, -0.2) is 40.7 Å². The van der Waals surface area contributed by atoms with Crippen LogP contribution in [-0.2, 0) is 15.6 Å². The molecule has 136 valence electrons. The van der Waals surface area contributed by atoms with Gasteiger partial charge in [-0.3, -0.25) is 0 Å². The van der Waals surface area contributed by atoms with E-state index in [0.717, 1.165) is 49.9 Å². The zero-order valence-corrected chi connectivity index (χ0v) is 17.1. The Kier molecular flexibility index (Phi) is 5.86. The van der Waals surface area contributed by atoms with Gasteiger partial charge in [-0.05, 0) is 19.1 Å². The Morgan fingerprint density at radius 1 is 1.08 bits per heavy atom. The van der Waals surface area contributed by atoms with Gasteiger partial charge in [-0.1, -0.05) is 41.5 Å². The van der Waals surface area contributed by atoms with Crippen molar-refractivity contribution in [3.63, 3.8) is 0 Å². The number of thioether (sulfide) groups is 1. The van der Waals surface area contributed by atoms with Crippen LogP contribution < -0.4 is 5.32 Å². The maximum Gasteiger partial charge on any atom is 0.136 e. The molecule has 0 aromatic carbocycles. The predicted octanol–water partition coefficient (Wildman–Crippen LogP) is 4.40. The summed E-state index contributed by atoms with van der Waals surface area (Å²) in [5, 5.41) is 3.60. The summed E-state index contributed by atoms with van der Waals surface area (Å²) in [4.78, 5) is 9.64. The second-order valence-electron chi connectivity index (χ2n) is 8.82. The quantitative estimate of drug-likeness (QED) is 0.871. The second kappa shape index (κ2) is 7.20. The fraction of sp³-hybridized carbons (Fsp3) is 0.789. The van der Waals surface area contributed by atoms with Gasteiger partial charge in [-0.2, -0.15) is 11.8 Å². The molecule has 1 N–H and O–H groups in total. The van der Waals surface area contributed by atoms with Crippen LogP contribution in [0.2, 0.25) is 0 Å². The lowest BCUT2D eigenvalue weighted by Gasteiger charge is -2.36. The van der Waals surface area contributed by atoms with Crippen LogP contribution in [0.15, 0.2) is 6.07 Å². The molecule has 2 heterocycles. The standard InChI is InChI=1S/C19H33N3OS/c1-17(2,3)14-12-15(22-16(21-14)18(4,5)6)20-13-19(24-7)8-10-23-11-9-19/h12H,8-11,13H2,1-7H3,(H,20,21,22). The van der Waals surface area contributed by atoms with Crippen LogP contribution in [0.25, 0.3) is 0 Å². The van der Waals surface area contributed by atoms with Crippen LogP contribution in [0.3, 0.4) is 0 Å². The zero-order valence-electron chi connectivity index (χ0n) is 16.3. The van der Waals surface area contributed by atoms with E-state index in [1.54, 1.807) is 0 Å². The van der Waals surface area contributed by atoms with Gasteiger partial charge in [0.15, 0.2) is 0 Å². The third kappa shape index (κ3) is 4.85. The Bertz CT molecular complexity index is 522. The molecule has 24 heavy (non-hydrogen) atoms. The molecule has 0 bridgehead atoms. The van der Waals surface area contributed by atoms with Gasteiger partial charge in [-0.25, -0.2) is 9.97 Å². The lowest BCUT2D eigenvalue weighted by molar-refractivity contribution is 0.0802. The molecular formula is C19H33N3OS. The molecule has 1 aromatic heterocycles. The van der Waals surface area contributed by atoms with E-state index in [-0.39, 0.29) is 15.6 Å². The molecule has 4 nitrogen and oxygen atoms in total. The zero-order chi connectivity index (χ0) is 18.0. The van der Waals surface area contributed by atoms with Crippen LogP contribution in [0, 0.1) is 0 Å². The van der Waals surface area contributed by atoms with Crippen molar-refractivity contribution in [2.75, 3.05) is 31.3 Å². The molecule has 2 rings (SSSR count). The molecule has 1 aliphatic heterocycles. The van der Waals surface area contributed by atoms with E-state index < -0.39 is 0 Å². The van der Waals surface area contributed by atoms with Crippen LogP contribution in [0.5, 0.6) is 0 Å². The molecule has 1 aliphatic rings. The summed E-state index contributed by atoms with van der Waals surface area (Å²) in [7, 11) is 0. The molecule has 0 unspecified atom stereocenters. The van der Waals surface area contributed by atoms with E-state index in [9.17, 15) is 0 Å². The van der Waals surface area contributed by atoms with Gasteiger partial charge in [0.05, 0.1) is 5.69 Å².